The SMILES string of the molecule is CN(C)c1ccc(-c2nc3ccccn3n2)cc1. The van der Waals surface area contributed by atoms with E-state index in [1.165, 1.54) is 5.69 Å². The van der Waals surface area contributed by atoms with Gasteiger partial charge in [0, 0.05) is 31.5 Å². The Morgan fingerprint density at radius 1 is 1.00 bits per heavy atom. The Hall–Kier alpha value is -2.36. The summed E-state index contributed by atoms with van der Waals surface area (Å²) in [4.78, 5) is 6.57. The monoisotopic (exact) mass is 238 g/mol. The molecule has 3 aromatic rings. The minimum absolute atomic E-state index is 0.756. The molecule has 0 radical (unpaired) electrons. The van der Waals surface area contributed by atoms with Crippen molar-refractivity contribution >= 4 is 11.3 Å². The average molecular weight is 238 g/mol. The van der Waals surface area contributed by atoms with Gasteiger partial charge in [-0.2, -0.15) is 0 Å². The molecule has 0 atom stereocenters. The van der Waals surface area contributed by atoms with E-state index in [-0.39, 0.29) is 0 Å². The molecule has 0 amide bonds. The van der Waals surface area contributed by atoms with Crippen molar-refractivity contribution < 1.29 is 0 Å². The molecule has 3 rings (SSSR count). The Labute approximate surface area is 106 Å². The molecule has 90 valence electrons. The van der Waals surface area contributed by atoms with Crippen molar-refractivity contribution in [2.24, 2.45) is 0 Å². The van der Waals surface area contributed by atoms with E-state index < -0.39 is 0 Å². The molecule has 2 aromatic heterocycles. The summed E-state index contributed by atoms with van der Waals surface area (Å²) in [5.41, 5.74) is 3.07. The number of aromatic nitrogens is 3. The molecule has 0 saturated carbocycles. The van der Waals surface area contributed by atoms with Crippen LogP contribution in [0.2, 0.25) is 0 Å². The van der Waals surface area contributed by atoms with Crippen LogP contribution in [0.3, 0.4) is 0 Å². The topological polar surface area (TPSA) is 33.4 Å². The molecule has 0 bridgehead atoms. The third-order valence-electron chi connectivity index (χ3n) is 2.88. The summed E-state index contributed by atoms with van der Waals surface area (Å²) in [5, 5.41) is 4.45. The van der Waals surface area contributed by atoms with Gasteiger partial charge in [0.05, 0.1) is 0 Å². The van der Waals surface area contributed by atoms with Gasteiger partial charge >= 0.3 is 0 Å². The zero-order valence-electron chi connectivity index (χ0n) is 10.4. The summed E-state index contributed by atoms with van der Waals surface area (Å²) in [6.07, 6.45) is 1.90. The zero-order chi connectivity index (χ0) is 12.5. The lowest BCUT2D eigenvalue weighted by Gasteiger charge is -2.11. The van der Waals surface area contributed by atoms with Crippen LogP contribution in [0.1, 0.15) is 0 Å². The number of benzene rings is 1. The van der Waals surface area contributed by atoms with Gasteiger partial charge in [-0.15, -0.1) is 5.10 Å². The van der Waals surface area contributed by atoms with Gasteiger partial charge in [-0.25, -0.2) is 9.50 Å². The van der Waals surface area contributed by atoms with Gasteiger partial charge in [0.15, 0.2) is 11.5 Å². The second-order valence-electron chi connectivity index (χ2n) is 4.38. The number of hydrogen-bond donors (Lipinski definition) is 0. The van der Waals surface area contributed by atoms with Gasteiger partial charge in [0.2, 0.25) is 0 Å². The highest BCUT2D eigenvalue weighted by Gasteiger charge is 2.05. The molecular formula is C14H14N4. The normalized spacial score (nSPS) is 10.8. The van der Waals surface area contributed by atoms with Crippen molar-refractivity contribution in [1.82, 2.24) is 14.6 Å². The molecule has 0 N–H and O–H groups in total. The highest BCUT2D eigenvalue weighted by Crippen LogP contribution is 2.20. The summed E-state index contributed by atoms with van der Waals surface area (Å²) in [7, 11) is 4.05. The van der Waals surface area contributed by atoms with Crippen molar-refractivity contribution in [1.29, 1.82) is 0 Å². The zero-order valence-corrected chi connectivity index (χ0v) is 10.4. The maximum atomic E-state index is 4.50. The Bertz CT molecular complexity index is 635. The Balaban J connectivity index is 2.03. The van der Waals surface area contributed by atoms with Gasteiger partial charge in [-0.3, -0.25) is 0 Å². The summed E-state index contributed by atoms with van der Waals surface area (Å²) in [6, 6.07) is 14.1. The minimum atomic E-state index is 0.756. The number of hydrogen-bond acceptors (Lipinski definition) is 3. The number of pyridine rings is 1. The predicted octanol–water partition coefficient (Wildman–Crippen LogP) is 2.46. The Kier molecular flexibility index (Phi) is 2.48. The number of anilines is 1. The first kappa shape index (κ1) is 10.8. The predicted molar refractivity (Wildman–Crippen MR) is 72.8 cm³/mol. The largest absolute Gasteiger partial charge is 0.378 e. The molecule has 0 aliphatic carbocycles. The minimum Gasteiger partial charge on any atom is -0.378 e. The number of nitrogens with zero attached hydrogens (tertiary/aromatic N) is 4. The van der Waals surface area contributed by atoms with E-state index in [9.17, 15) is 0 Å². The lowest BCUT2D eigenvalue weighted by molar-refractivity contribution is 0.966. The first-order chi connectivity index (χ1) is 8.74. The first-order valence-corrected chi connectivity index (χ1v) is 5.83. The summed E-state index contributed by atoms with van der Waals surface area (Å²) >= 11 is 0. The molecule has 2 heterocycles. The quantitative estimate of drug-likeness (QED) is 0.687. The van der Waals surface area contributed by atoms with E-state index in [1.54, 1.807) is 4.52 Å². The molecule has 4 heteroatoms. The molecule has 1 aromatic carbocycles. The van der Waals surface area contributed by atoms with Crippen LogP contribution in [0.15, 0.2) is 48.7 Å². The second kappa shape index (κ2) is 4.14. The fourth-order valence-corrected chi connectivity index (χ4v) is 1.86. The van der Waals surface area contributed by atoms with Crippen molar-refractivity contribution in [3.8, 4) is 11.4 Å². The second-order valence-corrected chi connectivity index (χ2v) is 4.38. The Morgan fingerprint density at radius 3 is 2.44 bits per heavy atom. The molecule has 18 heavy (non-hydrogen) atoms. The van der Waals surface area contributed by atoms with Crippen LogP contribution >= 0.6 is 0 Å². The van der Waals surface area contributed by atoms with Gasteiger partial charge in [-0.05, 0) is 36.4 Å². The fourth-order valence-electron chi connectivity index (χ4n) is 1.86. The van der Waals surface area contributed by atoms with Crippen LogP contribution in [0.25, 0.3) is 17.0 Å². The summed E-state index contributed by atoms with van der Waals surface area (Å²) in [6.45, 7) is 0. The molecule has 4 nitrogen and oxygen atoms in total. The molecule has 0 aliphatic rings. The van der Waals surface area contributed by atoms with Crippen LogP contribution in [-0.4, -0.2) is 28.7 Å². The average Bonchev–Trinajstić information content (AvgIpc) is 2.82. The highest BCUT2D eigenvalue weighted by atomic mass is 15.3. The van der Waals surface area contributed by atoms with Crippen LogP contribution in [0.5, 0.6) is 0 Å². The standard InChI is InChI=1S/C14H14N4/c1-17(2)12-8-6-11(7-9-12)14-15-13-5-3-4-10-18(13)16-14/h3-10H,1-2H3. The maximum Gasteiger partial charge on any atom is 0.182 e. The van der Waals surface area contributed by atoms with Crippen molar-refractivity contribution in [3.05, 3.63) is 48.7 Å². The van der Waals surface area contributed by atoms with Crippen LogP contribution < -0.4 is 4.90 Å². The molecule has 0 fully saturated rings. The van der Waals surface area contributed by atoms with Gasteiger partial charge in [0.1, 0.15) is 0 Å². The van der Waals surface area contributed by atoms with Crippen LogP contribution in [0, 0.1) is 0 Å². The van der Waals surface area contributed by atoms with E-state index in [1.807, 2.05) is 50.6 Å². The van der Waals surface area contributed by atoms with E-state index in [0.717, 1.165) is 17.0 Å². The third kappa shape index (κ3) is 1.82. The molecule has 0 unspecified atom stereocenters. The fraction of sp³-hybridized carbons (Fsp3) is 0.143. The summed E-state index contributed by atoms with van der Waals surface area (Å²) < 4.78 is 1.79. The highest BCUT2D eigenvalue weighted by molar-refractivity contribution is 5.61. The lowest BCUT2D eigenvalue weighted by Crippen LogP contribution is -2.07. The van der Waals surface area contributed by atoms with Gasteiger partial charge in [-0.1, -0.05) is 6.07 Å². The van der Waals surface area contributed by atoms with Crippen LogP contribution in [-0.2, 0) is 0 Å². The number of fused-ring (bicyclic) bond motifs is 1. The van der Waals surface area contributed by atoms with Crippen molar-refractivity contribution in [3.63, 3.8) is 0 Å². The summed E-state index contributed by atoms with van der Waals surface area (Å²) in [5.74, 6) is 0.756. The van der Waals surface area contributed by atoms with E-state index in [4.69, 9.17) is 0 Å². The molecular weight excluding hydrogens is 224 g/mol. The first-order valence-electron chi connectivity index (χ1n) is 5.83. The molecule has 0 aliphatic heterocycles. The Morgan fingerprint density at radius 2 is 1.78 bits per heavy atom. The lowest BCUT2D eigenvalue weighted by atomic mass is 10.2. The van der Waals surface area contributed by atoms with Gasteiger partial charge < -0.3 is 4.90 Å². The van der Waals surface area contributed by atoms with E-state index >= 15 is 0 Å². The molecule has 0 saturated heterocycles. The maximum absolute atomic E-state index is 4.50. The van der Waals surface area contributed by atoms with Crippen molar-refractivity contribution in [2.75, 3.05) is 19.0 Å². The molecule has 0 spiro atoms. The van der Waals surface area contributed by atoms with E-state index in [0.29, 0.717) is 0 Å². The van der Waals surface area contributed by atoms with E-state index in [2.05, 4.69) is 27.1 Å². The van der Waals surface area contributed by atoms with Gasteiger partial charge in [0.25, 0.3) is 0 Å². The number of rotatable bonds is 2. The third-order valence-corrected chi connectivity index (χ3v) is 2.88. The van der Waals surface area contributed by atoms with Crippen molar-refractivity contribution in [2.45, 2.75) is 0 Å². The smallest absolute Gasteiger partial charge is 0.182 e. The van der Waals surface area contributed by atoms with Crippen LogP contribution in [0.4, 0.5) is 5.69 Å².